The maximum Gasteiger partial charge on any atom is 0.251 e. The summed E-state index contributed by atoms with van der Waals surface area (Å²) in [6.45, 7) is 6.43. The van der Waals surface area contributed by atoms with Gasteiger partial charge < -0.3 is 25.8 Å². The van der Waals surface area contributed by atoms with Gasteiger partial charge in [-0.25, -0.2) is 0 Å². The van der Waals surface area contributed by atoms with Crippen molar-refractivity contribution in [3.8, 4) is 11.5 Å². The number of aryl methyl sites for hydroxylation is 1. The van der Waals surface area contributed by atoms with Crippen molar-refractivity contribution in [1.82, 2.24) is 16.0 Å². The van der Waals surface area contributed by atoms with Gasteiger partial charge in [0.1, 0.15) is 11.5 Å². The van der Waals surface area contributed by atoms with Crippen molar-refractivity contribution < 1.29 is 14.6 Å². The second kappa shape index (κ2) is 11.6. The number of nitrogens with zero attached hydrogens (tertiary/aromatic N) is 1. The average molecular weight is 399 g/mol. The van der Waals surface area contributed by atoms with Crippen LogP contribution in [0.5, 0.6) is 11.5 Å². The normalized spacial score (nSPS) is 11.1. The number of benzene rings is 2. The molecular weight excluding hydrogens is 368 g/mol. The van der Waals surface area contributed by atoms with Gasteiger partial charge in [0.15, 0.2) is 5.96 Å². The van der Waals surface area contributed by atoms with Crippen molar-refractivity contribution in [3.63, 3.8) is 0 Å². The predicted octanol–water partition coefficient (Wildman–Crippen LogP) is 2.24. The summed E-state index contributed by atoms with van der Waals surface area (Å²) in [5.41, 5.74) is 2.80. The molecule has 0 radical (unpaired) electrons. The van der Waals surface area contributed by atoms with E-state index >= 15 is 0 Å². The molecule has 1 amide bonds. The molecule has 0 saturated heterocycles. The molecule has 0 heterocycles. The number of aromatic hydroxyl groups is 1. The third-order valence-electron chi connectivity index (χ3n) is 4.32. The van der Waals surface area contributed by atoms with Gasteiger partial charge in [0.05, 0.1) is 7.11 Å². The molecule has 7 heteroatoms. The molecule has 0 bridgehead atoms. The number of hydrogen-bond acceptors (Lipinski definition) is 4. The Hall–Kier alpha value is -3.22. The van der Waals surface area contributed by atoms with E-state index in [0.717, 1.165) is 24.3 Å². The maximum absolute atomic E-state index is 12.1. The predicted molar refractivity (Wildman–Crippen MR) is 116 cm³/mol. The van der Waals surface area contributed by atoms with Crippen LogP contribution in [0.15, 0.2) is 47.5 Å². The molecular formula is C22H30N4O3. The first-order valence-electron chi connectivity index (χ1n) is 9.76. The van der Waals surface area contributed by atoms with Crippen LogP contribution in [0.3, 0.4) is 0 Å². The van der Waals surface area contributed by atoms with Crippen molar-refractivity contribution >= 4 is 11.9 Å². The third kappa shape index (κ3) is 7.37. The molecule has 0 aliphatic heterocycles. The molecule has 0 aliphatic rings. The highest BCUT2D eigenvalue weighted by Crippen LogP contribution is 2.19. The number of ether oxygens (including phenoxy) is 1. The van der Waals surface area contributed by atoms with Crippen LogP contribution in [0, 0.1) is 6.92 Å². The quantitative estimate of drug-likeness (QED) is 0.295. The average Bonchev–Trinajstić information content (AvgIpc) is 2.72. The van der Waals surface area contributed by atoms with Gasteiger partial charge >= 0.3 is 0 Å². The van der Waals surface area contributed by atoms with Crippen molar-refractivity contribution in [1.29, 1.82) is 0 Å². The molecule has 0 fully saturated rings. The van der Waals surface area contributed by atoms with E-state index in [9.17, 15) is 9.90 Å². The van der Waals surface area contributed by atoms with E-state index in [1.54, 1.807) is 19.2 Å². The van der Waals surface area contributed by atoms with E-state index in [4.69, 9.17) is 4.74 Å². The fourth-order valence-corrected chi connectivity index (χ4v) is 2.73. The number of methoxy groups -OCH3 is 1. The molecule has 0 aliphatic carbocycles. The summed E-state index contributed by atoms with van der Waals surface area (Å²) in [6, 6.07) is 12.3. The monoisotopic (exact) mass is 398 g/mol. The minimum absolute atomic E-state index is 0.138. The maximum atomic E-state index is 12.1. The van der Waals surface area contributed by atoms with Crippen LogP contribution < -0.4 is 20.7 Å². The lowest BCUT2D eigenvalue weighted by Gasteiger charge is -2.12. The van der Waals surface area contributed by atoms with Gasteiger partial charge in [0.25, 0.3) is 5.91 Å². The Bertz CT molecular complexity index is 819. The van der Waals surface area contributed by atoms with Crippen molar-refractivity contribution in [2.24, 2.45) is 4.99 Å². The molecule has 0 saturated carbocycles. The number of hydrogen-bond donors (Lipinski definition) is 4. The molecule has 7 nitrogen and oxygen atoms in total. The minimum Gasteiger partial charge on any atom is -0.508 e. The van der Waals surface area contributed by atoms with Gasteiger partial charge in [0, 0.05) is 31.7 Å². The zero-order valence-corrected chi connectivity index (χ0v) is 17.3. The van der Waals surface area contributed by atoms with Crippen LogP contribution in [-0.2, 0) is 6.42 Å². The molecule has 2 rings (SSSR count). The van der Waals surface area contributed by atoms with Crippen LogP contribution in [0.4, 0.5) is 0 Å². The van der Waals surface area contributed by atoms with Gasteiger partial charge in [0.2, 0.25) is 0 Å². The van der Waals surface area contributed by atoms with Crippen LogP contribution in [0.25, 0.3) is 0 Å². The minimum atomic E-state index is -0.179. The third-order valence-corrected chi connectivity index (χ3v) is 4.32. The molecule has 0 atom stereocenters. The summed E-state index contributed by atoms with van der Waals surface area (Å²) in [4.78, 5) is 16.6. The molecule has 2 aromatic carbocycles. The summed E-state index contributed by atoms with van der Waals surface area (Å²) in [5, 5.41) is 18.5. The summed E-state index contributed by atoms with van der Waals surface area (Å²) in [6.07, 6.45) is 0.810. The van der Waals surface area contributed by atoms with Crippen molar-refractivity contribution in [3.05, 3.63) is 59.2 Å². The first-order valence-corrected chi connectivity index (χ1v) is 9.76. The molecule has 0 aromatic heterocycles. The van der Waals surface area contributed by atoms with Crippen LogP contribution >= 0.6 is 0 Å². The number of nitrogens with one attached hydrogen (secondary N) is 3. The molecule has 0 spiro atoms. The lowest BCUT2D eigenvalue weighted by molar-refractivity contribution is 0.0954. The Kier molecular flexibility index (Phi) is 8.82. The van der Waals surface area contributed by atoms with Gasteiger partial charge in [-0.15, -0.1) is 0 Å². The standard InChI is InChI=1S/C22H30N4O3/c1-4-23-22(25-12-11-17-6-5-16(2)20(15-17)29-3)26-14-13-24-21(28)18-7-9-19(27)10-8-18/h5-10,15,27H,4,11-14H2,1-3H3,(H,24,28)(H2,23,25,26). The Morgan fingerprint density at radius 2 is 1.79 bits per heavy atom. The Morgan fingerprint density at radius 1 is 1.07 bits per heavy atom. The summed E-state index contributed by atoms with van der Waals surface area (Å²) in [7, 11) is 1.68. The Labute approximate surface area is 172 Å². The largest absolute Gasteiger partial charge is 0.508 e. The Balaban J connectivity index is 1.78. The number of aliphatic imine (C=N–C) groups is 1. The number of amides is 1. The molecule has 29 heavy (non-hydrogen) atoms. The second-order valence-corrected chi connectivity index (χ2v) is 6.54. The van der Waals surface area contributed by atoms with Crippen LogP contribution in [0.2, 0.25) is 0 Å². The number of guanidine groups is 1. The van der Waals surface area contributed by atoms with Gasteiger partial charge in [-0.1, -0.05) is 12.1 Å². The van der Waals surface area contributed by atoms with E-state index in [0.29, 0.717) is 31.2 Å². The van der Waals surface area contributed by atoms with E-state index in [-0.39, 0.29) is 11.7 Å². The first-order chi connectivity index (χ1) is 14.0. The number of rotatable bonds is 9. The zero-order chi connectivity index (χ0) is 21.1. The lowest BCUT2D eigenvalue weighted by atomic mass is 10.1. The fourth-order valence-electron chi connectivity index (χ4n) is 2.73. The smallest absolute Gasteiger partial charge is 0.251 e. The highest BCUT2D eigenvalue weighted by Gasteiger charge is 2.05. The fraction of sp³-hybridized carbons (Fsp3) is 0.364. The summed E-state index contributed by atoms with van der Waals surface area (Å²) in [5.74, 6) is 1.56. The zero-order valence-electron chi connectivity index (χ0n) is 17.3. The summed E-state index contributed by atoms with van der Waals surface area (Å²) >= 11 is 0. The molecule has 2 aromatic rings. The summed E-state index contributed by atoms with van der Waals surface area (Å²) < 4.78 is 5.37. The Morgan fingerprint density at radius 3 is 2.48 bits per heavy atom. The van der Waals surface area contributed by atoms with E-state index in [1.807, 2.05) is 19.9 Å². The van der Waals surface area contributed by atoms with Crippen molar-refractivity contribution in [2.45, 2.75) is 20.3 Å². The van der Waals surface area contributed by atoms with Crippen LogP contribution in [-0.4, -0.2) is 50.3 Å². The number of carbonyl (C=O) groups is 1. The van der Waals surface area contributed by atoms with E-state index in [1.165, 1.54) is 17.7 Å². The van der Waals surface area contributed by atoms with E-state index < -0.39 is 0 Å². The topological polar surface area (TPSA) is 95.0 Å². The lowest BCUT2D eigenvalue weighted by Crippen LogP contribution is -2.41. The molecule has 156 valence electrons. The first kappa shape index (κ1) is 22.1. The highest BCUT2D eigenvalue weighted by molar-refractivity contribution is 5.94. The van der Waals surface area contributed by atoms with Crippen molar-refractivity contribution in [2.75, 3.05) is 33.3 Å². The number of phenols is 1. The van der Waals surface area contributed by atoms with Gasteiger partial charge in [-0.3, -0.25) is 9.79 Å². The molecule has 0 unspecified atom stereocenters. The highest BCUT2D eigenvalue weighted by atomic mass is 16.5. The molecule has 4 N–H and O–H groups in total. The number of carbonyl (C=O) groups excluding carboxylic acids is 1. The second-order valence-electron chi connectivity index (χ2n) is 6.54. The number of phenolic OH excluding ortho intramolecular Hbond substituents is 1. The van der Waals surface area contributed by atoms with E-state index in [2.05, 4.69) is 33.1 Å². The SMILES string of the molecule is CCNC(=NCCc1ccc(C)c(OC)c1)NCCNC(=O)c1ccc(O)cc1. The van der Waals surface area contributed by atoms with Gasteiger partial charge in [-0.2, -0.15) is 0 Å². The van der Waals surface area contributed by atoms with Crippen LogP contribution in [0.1, 0.15) is 28.4 Å². The van der Waals surface area contributed by atoms with Gasteiger partial charge in [-0.05, 0) is 61.7 Å².